The lowest BCUT2D eigenvalue weighted by Gasteiger charge is -2.20. The quantitative estimate of drug-likeness (QED) is 0.678. The summed E-state index contributed by atoms with van der Waals surface area (Å²) in [5.74, 6) is -2.37. The van der Waals surface area contributed by atoms with Crippen LogP contribution < -0.4 is 5.32 Å². The van der Waals surface area contributed by atoms with E-state index < -0.39 is 24.0 Å². The number of carbonyl (C=O) groups excluding carboxylic acids is 1. The van der Waals surface area contributed by atoms with Crippen LogP contribution in [-0.2, 0) is 16.1 Å². The van der Waals surface area contributed by atoms with Crippen molar-refractivity contribution in [2.24, 2.45) is 0 Å². The predicted molar refractivity (Wildman–Crippen MR) is 70.4 cm³/mol. The molecule has 1 heterocycles. The molecule has 0 unspecified atom stereocenters. The summed E-state index contributed by atoms with van der Waals surface area (Å²) >= 11 is 1.39. The normalized spacial score (nSPS) is 11.7. The number of nitrogens with zero attached hydrogens (tertiary/aromatic N) is 2. The van der Waals surface area contributed by atoms with Crippen LogP contribution in [0.5, 0.6) is 0 Å². The van der Waals surface area contributed by atoms with E-state index in [2.05, 4.69) is 10.3 Å². The molecule has 0 aliphatic heterocycles. The van der Waals surface area contributed by atoms with Gasteiger partial charge in [0.05, 0.1) is 17.7 Å². The lowest BCUT2D eigenvalue weighted by Crippen LogP contribution is -2.46. The Morgan fingerprint density at radius 2 is 2.15 bits per heavy atom. The van der Waals surface area contributed by atoms with E-state index in [9.17, 15) is 14.4 Å². The van der Waals surface area contributed by atoms with Crippen LogP contribution in [0.4, 0.5) is 4.79 Å². The van der Waals surface area contributed by atoms with Gasteiger partial charge in [-0.3, -0.25) is 4.79 Å². The Hall–Kier alpha value is -2.16. The van der Waals surface area contributed by atoms with Gasteiger partial charge in [-0.05, 0) is 6.42 Å². The van der Waals surface area contributed by atoms with E-state index in [0.29, 0.717) is 5.69 Å². The van der Waals surface area contributed by atoms with Crippen molar-refractivity contribution in [2.45, 2.75) is 25.4 Å². The standard InChI is InChI=1S/C11H15N3O5S/c1-14(4-7-5-20-6-12-7)11(19)13-8(10(17)18)2-3-9(15)16/h5-6,8H,2-4H2,1H3,(H,13,19)(H,15,16)(H,17,18)/t8-/m0/s1. The van der Waals surface area contributed by atoms with Gasteiger partial charge in [0.2, 0.25) is 0 Å². The molecule has 0 saturated carbocycles. The maximum atomic E-state index is 11.8. The van der Waals surface area contributed by atoms with Gasteiger partial charge >= 0.3 is 18.0 Å². The van der Waals surface area contributed by atoms with Crippen LogP contribution >= 0.6 is 11.3 Å². The zero-order chi connectivity index (χ0) is 15.1. The summed E-state index contributed by atoms with van der Waals surface area (Å²) in [6.07, 6.45) is -0.492. The molecular formula is C11H15N3O5S. The molecule has 0 aliphatic carbocycles. The maximum absolute atomic E-state index is 11.8. The van der Waals surface area contributed by atoms with Crippen LogP contribution in [-0.4, -0.2) is 51.2 Å². The first-order valence-electron chi connectivity index (χ1n) is 5.73. The molecule has 0 fully saturated rings. The van der Waals surface area contributed by atoms with Gasteiger partial charge in [0.15, 0.2) is 0 Å². The third-order valence-corrected chi connectivity index (χ3v) is 3.11. The molecule has 0 saturated heterocycles. The van der Waals surface area contributed by atoms with Gasteiger partial charge in [-0.25, -0.2) is 14.6 Å². The van der Waals surface area contributed by atoms with Gasteiger partial charge in [0.1, 0.15) is 6.04 Å². The van der Waals surface area contributed by atoms with E-state index >= 15 is 0 Å². The minimum atomic E-state index is -1.26. The minimum absolute atomic E-state index is 0.166. The van der Waals surface area contributed by atoms with Crippen molar-refractivity contribution in [2.75, 3.05) is 7.05 Å². The molecule has 20 heavy (non-hydrogen) atoms. The fourth-order valence-electron chi connectivity index (χ4n) is 1.41. The summed E-state index contributed by atoms with van der Waals surface area (Å²) in [6.45, 7) is 0.251. The molecule has 8 nitrogen and oxygen atoms in total. The SMILES string of the molecule is CN(Cc1cscn1)C(=O)N[C@@H](CCC(=O)O)C(=O)O. The highest BCUT2D eigenvalue weighted by Crippen LogP contribution is 2.05. The number of thiazole rings is 1. The fraction of sp³-hybridized carbons (Fsp3) is 0.455. The number of hydrogen-bond acceptors (Lipinski definition) is 5. The van der Waals surface area contributed by atoms with E-state index in [0.717, 1.165) is 0 Å². The van der Waals surface area contributed by atoms with Crippen molar-refractivity contribution in [3.05, 3.63) is 16.6 Å². The van der Waals surface area contributed by atoms with Gasteiger partial charge in [0, 0.05) is 18.8 Å². The summed E-state index contributed by atoms with van der Waals surface area (Å²) in [5.41, 5.74) is 2.33. The zero-order valence-electron chi connectivity index (χ0n) is 10.8. The van der Waals surface area contributed by atoms with Crippen molar-refractivity contribution in [1.82, 2.24) is 15.2 Å². The Labute approximate surface area is 119 Å². The van der Waals surface area contributed by atoms with E-state index in [1.165, 1.54) is 23.3 Å². The minimum Gasteiger partial charge on any atom is -0.481 e. The van der Waals surface area contributed by atoms with Crippen molar-refractivity contribution in [1.29, 1.82) is 0 Å². The molecule has 9 heteroatoms. The average Bonchev–Trinajstić information content (AvgIpc) is 2.86. The molecule has 1 atom stereocenters. The highest BCUT2D eigenvalue weighted by atomic mass is 32.1. The van der Waals surface area contributed by atoms with Crippen LogP contribution in [0.25, 0.3) is 0 Å². The third-order valence-electron chi connectivity index (χ3n) is 2.47. The van der Waals surface area contributed by atoms with Crippen LogP contribution in [0.2, 0.25) is 0 Å². The summed E-state index contributed by atoms with van der Waals surface area (Å²) in [7, 11) is 1.50. The molecular weight excluding hydrogens is 286 g/mol. The Bertz CT molecular complexity index is 476. The Morgan fingerprint density at radius 1 is 1.45 bits per heavy atom. The van der Waals surface area contributed by atoms with Crippen molar-refractivity contribution in [3.8, 4) is 0 Å². The second kappa shape index (κ2) is 7.43. The van der Waals surface area contributed by atoms with Crippen LogP contribution in [0.1, 0.15) is 18.5 Å². The highest BCUT2D eigenvalue weighted by molar-refractivity contribution is 7.07. The van der Waals surface area contributed by atoms with Gasteiger partial charge in [-0.2, -0.15) is 0 Å². The van der Waals surface area contributed by atoms with Gasteiger partial charge in [-0.1, -0.05) is 0 Å². The number of aromatic nitrogens is 1. The third kappa shape index (κ3) is 5.22. The van der Waals surface area contributed by atoms with Gasteiger partial charge in [0.25, 0.3) is 0 Å². The topological polar surface area (TPSA) is 120 Å². The molecule has 1 aromatic heterocycles. The molecule has 110 valence electrons. The van der Waals surface area contributed by atoms with E-state index in [4.69, 9.17) is 10.2 Å². The number of hydrogen-bond donors (Lipinski definition) is 3. The van der Waals surface area contributed by atoms with E-state index in [1.54, 1.807) is 10.9 Å². The number of carboxylic acid groups (broad SMARTS) is 2. The smallest absolute Gasteiger partial charge is 0.326 e. The molecule has 0 bridgehead atoms. The average molecular weight is 301 g/mol. The number of urea groups is 1. The fourth-order valence-corrected chi connectivity index (χ4v) is 1.96. The lowest BCUT2D eigenvalue weighted by molar-refractivity contribution is -0.140. The second-order valence-corrected chi connectivity index (χ2v) is 4.83. The molecule has 0 aromatic carbocycles. The summed E-state index contributed by atoms with van der Waals surface area (Å²) in [6, 6.07) is -1.81. The predicted octanol–water partition coefficient (Wildman–Crippen LogP) is 0.602. The first kappa shape index (κ1) is 15.9. The van der Waals surface area contributed by atoms with E-state index in [1.807, 2.05) is 0 Å². The lowest BCUT2D eigenvalue weighted by atomic mass is 10.1. The number of amides is 2. The number of carbonyl (C=O) groups is 3. The molecule has 1 aromatic rings. The summed E-state index contributed by atoms with van der Waals surface area (Å²) in [5, 5.41) is 21.5. The van der Waals surface area contributed by atoms with Gasteiger partial charge < -0.3 is 20.4 Å². The Morgan fingerprint density at radius 3 is 2.65 bits per heavy atom. The second-order valence-electron chi connectivity index (χ2n) is 4.11. The maximum Gasteiger partial charge on any atom is 0.326 e. The molecule has 0 aliphatic rings. The van der Waals surface area contributed by atoms with Crippen molar-refractivity contribution < 1.29 is 24.6 Å². The van der Waals surface area contributed by atoms with Crippen LogP contribution in [0.15, 0.2) is 10.9 Å². The summed E-state index contributed by atoms with van der Waals surface area (Å²) < 4.78 is 0. The largest absolute Gasteiger partial charge is 0.481 e. The number of nitrogens with one attached hydrogen (secondary N) is 1. The zero-order valence-corrected chi connectivity index (χ0v) is 11.6. The molecule has 2 amide bonds. The Kier molecular flexibility index (Phi) is 5.91. The van der Waals surface area contributed by atoms with Crippen molar-refractivity contribution >= 4 is 29.3 Å². The number of aliphatic carboxylic acids is 2. The number of rotatable bonds is 7. The highest BCUT2D eigenvalue weighted by Gasteiger charge is 2.22. The van der Waals surface area contributed by atoms with E-state index in [-0.39, 0.29) is 19.4 Å². The first-order chi connectivity index (χ1) is 9.40. The first-order valence-corrected chi connectivity index (χ1v) is 6.67. The number of carboxylic acids is 2. The van der Waals surface area contributed by atoms with Crippen LogP contribution in [0, 0.1) is 0 Å². The van der Waals surface area contributed by atoms with Crippen molar-refractivity contribution in [3.63, 3.8) is 0 Å². The summed E-state index contributed by atoms with van der Waals surface area (Å²) in [4.78, 5) is 38.5. The Balaban J connectivity index is 2.52. The van der Waals surface area contributed by atoms with Gasteiger partial charge in [-0.15, -0.1) is 11.3 Å². The molecule has 0 radical (unpaired) electrons. The molecule has 1 rings (SSSR count). The van der Waals surface area contributed by atoms with Crippen LogP contribution in [0.3, 0.4) is 0 Å². The molecule has 0 spiro atoms. The monoisotopic (exact) mass is 301 g/mol. The molecule has 3 N–H and O–H groups in total.